The molecule has 2 atom stereocenters. The van der Waals surface area contributed by atoms with Gasteiger partial charge in [-0.05, 0) is 53.1 Å². The fourth-order valence-corrected chi connectivity index (χ4v) is 1.90. The summed E-state index contributed by atoms with van der Waals surface area (Å²) in [4.78, 5) is 0. The molecule has 1 aliphatic rings. The zero-order valence-corrected chi connectivity index (χ0v) is 9.71. The Morgan fingerprint density at radius 2 is 2.23 bits per heavy atom. The molecule has 2 nitrogen and oxygen atoms in total. The standard InChI is InChI=1S/C10H13IN2/c1-6-4-10(6)13-9-3-2-7(11)5-8(9)12/h2-3,5-6,10,13H,4,12H2,1H3. The average Bonchev–Trinajstić information content (AvgIpc) is 2.73. The molecular weight excluding hydrogens is 275 g/mol. The monoisotopic (exact) mass is 288 g/mol. The summed E-state index contributed by atoms with van der Waals surface area (Å²) >= 11 is 2.27. The third-order valence-electron chi connectivity index (χ3n) is 2.46. The molecule has 3 heteroatoms. The lowest BCUT2D eigenvalue weighted by Gasteiger charge is -2.08. The van der Waals surface area contributed by atoms with Gasteiger partial charge >= 0.3 is 0 Å². The highest BCUT2D eigenvalue weighted by molar-refractivity contribution is 14.1. The van der Waals surface area contributed by atoms with Crippen molar-refractivity contribution in [2.75, 3.05) is 11.1 Å². The molecule has 1 fully saturated rings. The zero-order valence-electron chi connectivity index (χ0n) is 7.55. The molecule has 3 N–H and O–H groups in total. The molecule has 0 amide bonds. The highest BCUT2D eigenvalue weighted by atomic mass is 127. The minimum absolute atomic E-state index is 0.641. The number of nitrogens with one attached hydrogen (secondary N) is 1. The molecule has 0 bridgehead atoms. The smallest absolute Gasteiger partial charge is 0.0576 e. The summed E-state index contributed by atoms with van der Waals surface area (Å²) in [7, 11) is 0. The van der Waals surface area contributed by atoms with Crippen molar-refractivity contribution in [2.45, 2.75) is 19.4 Å². The zero-order chi connectivity index (χ0) is 9.42. The summed E-state index contributed by atoms with van der Waals surface area (Å²) in [6, 6.07) is 6.77. The molecule has 1 saturated carbocycles. The maximum atomic E-state index is 5.88. The molecule has 0 aromatic heterocycles. The van der Waals surface area contributed by atoms with Gasteiger partial charge in [-0.1, -0.05) is 6.92 Å². The molecule has 2 rings (SSSR count). The normalized spacial score (nSPS) is 25.7. The molecule has 0 aliphatic heterocycles. The maximum Gasteiger partial charge on any atom is 0.0576 e. The molecule has 13 heavy (non-hydrogen) atoms. The fourth-order valence-electron chi connectivity index (χ4n) is 1.39. The molecule has 1 aromatic carbocycles. The third kappa shape index (κ3) is 2.07. The van der Waals surface area contributed by atoms with Crippen LogP contribution >= 0.6 is 22.6 Å². The predicted octanol–water partition coefficient (Wildman–Crippen LogP) is 2.69. The molecule has 0 radical (unpaired) electrons. The number of hydrogen-bond donors (Lipinski definition) is 2. The van der Waals surface area contributed by atoms with E-state index in [2.05, 4.69) is 47.0 Å². The van der Waals surface area contributed by atoms with Crippen LogP contribution in [0.4, 0.5) is 11.4 Å². The Hall–Kier alpha value is -0.450. The van der Waals surface area contributed by atoms with Crippen LogP contribution in [0.2, 0.25) is 0 Å². The van der Waals surface area contributed by atoms with E-state index in [1.165, 1.54) is 9.99 Å². The molecule has 2 unspecified atom stereocenters. The third-order valence-corrected chi connectivity index (χ3v) is 3.13. The lowest BCUT2D eigenvalue weighted by Crippen LogP contribution is -2.05. The Bertz CT molecular complexity index is 325. The van der Waals surface area contributed by atoms with Crippen LogP contribution in [-0.2, 0) is 0 Å². The summed E-state index contributed by atoms with van der Waals surface area (Å²) in [6.07, 6.45) is 1.27. The van der Waals surface area contributed by atoms with Crippen molar-refractivity contribution >= 4 is 34.0 Å². The van der Waals surface area contributed by atoms with Gasteiger partial charge in [0.25, 0.3) is 0 Å². The molecule has 70 valence electrons. The summed E-state index contributed by atoms with van der Waals surface area (Å²) < 4.78 is 1.18. The quantitative estimate of drug-likeness (QED) is 0.648. The van der Waals surface area contributed by atoms with Crippen molar-refractivity contribution in [3.8, 4) is 0 Å². The Labute approximate surface area is 92.0 Å². The SMILES string of the molecule is CC1CC1Nc1ccc(I)cc1N. The first-order chi connectivity index (χ1) is 6.16. The lowest BCUT2D eigenvalue weighted by molar-refractivity contribution is 0.930. The van der Waals surface area contributed by atoms with Gasteiger partial charge in [0.1, 0.15) is 0 Å². The number of anilines is 2. The average molecular weight is 288 g/mol. The minimum atomic E-state index is 0.641. The summed E-state index contributed by atoms with van der Waals surface area (Å²) in [5.41, 5.74) is 7.81. The van der Waals surface area contributed by atoms with Gasteiger partial charge in [-0.15, -0.1) is 0 Å². The Morgan fingerprint density at radius 1 is 1.54 bits per heavy atom. The van der Waals surface area contributed by atoms with Crippen molar-refractivity contribution in [3.63, 3.8) is 0 Å². The van der Waals surface area contributed by atoms with E-state index in [-0.39, 0.29) is 0 Å². The number of nitrogens with two attached hydrogens (primary N) is 1. The van der Waals surface area contributed by atoms with E-state index >= 15 is 0 Å². The van der Waals surface area contributed by atoms with Crippen LogP contribution in [-0.4, -0.2) is 6.04 Å². The van der Waals surface area contributed by atoms with Crippen molar-refractivity contribution < 1.29 is 0 Å². The van der Waals surface area contributed by atoms with Crippen LogP contribution < -0.4 is 11.1 Å². The van der Waals surface area contributed by atoms with Gasteiger partial charge in [-0.3, -0.25) is 0 Å². The van der Waals surface area contributed by atoms with E-state index in [0.717, 1.165) is 17.3 Å². The largest absolute Gasteiger partial charge is 0.397 e. The molecular formula is C10H13IN2. The van der Waals surface area contributed by atoms with Gasteiger partial charge in [0.15, 0.2) is 0 Å². The van der Waals surface area contributed by atoms with Crippen molar-refractivity contribution in [2.24, 2.45) is 5.92 Å². The Kier molecular flexibility index (Phi) is 2.36. The van der Waals surface area contributed by atoms with Crippen LogP contribution in [0.5, 0.6) is 0 Å². The summed E-state index contributed by atoms with van der Waals surface area (Å²) in [5.74, 6) is 0.804. The lowest BCUT2D eigenvalue weighted by atomic mass is 10.2. The second-order valence-electron chi connectivity index (χ2n) is 3.70. The van der Waals surface area contributed by atoms with Gasteiger partial charge in [0.2, 0.25) is 0 Å². The molecule has 0 spiro atoms. The Balaban J connectivity index is 2.11. The number of nitrogen functional groups attached to an aromatic ring is 1. The summed E-state index contributed by atoms with van der Waals surface area (Å²) in [5, 5.41) is 3.43. The maximum absolute atomic E-state index is 5.88. The van der Waals surface area contributed by atoms with Crippen molar-refractivity contribution in [3.05, 3.63) is 21.8 Å². The predicted molar refractivity (Wildman–Crippen MR) is 64.8 cm³/mol. The number of rotatable bonds is 2. The van der Waals surface area contributed by atoms with Gasteiger partial charge in [0.05, 0.1) is 11.4 Å². The highest BCUT2D eigenvalue weighted by Gasteiger charge is 2.32. The summed E-state index contributed by atoms with van der Waals surface area (Å²) in [6.45, 7) is 2.25. The number of benzene rings is 1. The molecule has 0 saturated heterocycles. The van der Waals surface area contributed by atoms with Crippen LogP contribution in [0, 0.1) is 9.49 Å². The highest BCUT2D eigenvalue weighted by Crippen LogP contribution is 2.34. The van der Waals surface area contributed by atoms with Crippen molar-refractivity contribution in [1.82, 2.24) is 0 Å². The van der Waals surface area contributed by atoms with E-state index in [9.17, 15) is 0 Å². The van der Waals surface area contributed by atoms with Gasteiger partial charge in [-0.25, -0.2) is 0 Å². The van der Waals surface area contributed by atoms with Crippen molar-refractivity contribution in [1.29, 1.82) is 0 Å². The minimum Gasteiger partial charge on any atom is -0.397 e. The molecule has 1 aromatic rings. The molecule has 1 aliphatic carbocycles. The fraction of sp³-hybridized carbons (Fsp3) is 0.400. The van der Waals surface area contributed by atoms with E-state index in [1.54, 1.807) is 0 Å². The number of halogens is 1. The number of hydrogen-bond acceptors (Lipinski definition) is 2. The second-order valence-corrected chi connectivity index (χ2v) is 4.94. The first kappa shape index (κ1) is 9.12. The first-order valence-electron chi connectivity index (χ1n) is 4.48. The first-order valence-corrected chi connectivity index (χ1v) is 5.56. The van der Waals surface area contributed by atoms with Gasteiger partial charge in [0, 0.05) is 9.61 Å². The van der Waals surface area contributed by atoms with Crippen LogP contribution in [0.3, 0.4) is 0 Å². The van der Waals surface area contributed by atoms with Gasteiger partial charge < -0.3 is 11.1 Å². The van der Waals surface area contributed by atoms with E-state index in [1.807, 2.05) is 6.07 Å². The van der Waals surface area contributed by atoms with E-state index < -0.39 is 0 Å². The van der Waals surface area contributed by atoms with E-state index in [0.29, 0.717) is 6.04 Å². The van der Waals surface area contributed by atoms with Gasteiger partial charge in [-0.2, -0.15) is 0 Å². The Morgan fingerprint density at radius 3 is 2.77 bits per heavy atom. The second kappa shape index (κ2) is 3.36. The topological polar surface area (TPSA) is 38.0 Å². The van der Waals surface area contributed by atoms with Crippen LogP contribution in [0.25, 0.3) is 0 Å². The van der Waals surface area contributed by atoms with Crippen LogP contribution in [0.1, 0.15) is 13.3 Å². The van der Waals surface area contributed by atoms with E-state index in [4.69, 9.17) is 5.73 Å². The molecule has 0 heterocycles. The van der Waals surface area contributed by atoms with Crippen LogP contribution in [0.15, 0.2) is 18.2 Å².